The average Bonchev–Trinajstić information content (AvgIpc) is 2.98. The van der Waals surface area contributed by atoms with E-state index in [0.29, 0.717) is 0 Å². The summed E-state index contributed by atoms with van der Waals surface area (Å²) in [6.45, 7) is 4.80. The molecule has 1 unspecified atom stereocenters. The minimum Gasteiger partial charge on any atom is -0.350 e. The number of benzene rings is 4. The van der Waals surface area contributed by atoms with Gasteiger partial charge in [0.2, 0.25) is 11.8 Å². The van der Waals surface area contributed by atoms with Crippen molar-refractivity contribution in [2.24, 2.45) is 0 Å². The molecule has 7 nitrogen and oxygen atoms in total. The number of para-hydroxylation sites is 1. The Labute approximate surface area is 266 Å². The maximum absolute atomic E-state index is 15.2. The number of amides is 2. The lowest BCUT2D eigenvalue weighted by Gasteiger charge is -2.35. The molecule has 0 aliphatic rings. The molecular formula is C34H35BrFN3O4S. The van der Waals surface area contributed by atoms with Crippen LogP contribution >= 0.6 is 15.9 Å². The number of anilines is 1. The standard InChI is InChI=1S/C34H35BrFN3O4S/c1-34(2,3)37-33(41)31(22-25-13-6-4-7-14-25)38(23-26-15-12-16-27(35)21-26)32(40)24-39(30-20-11-10-19-29(30)36)44(42,43)28-17-8-5-9-18-28/h4-21,31H,22-24H2,1-3H3,(H,37,41). The molecule has 0 aromatic heterocycles. The van der Waals surface area contributed by atoms with Crippen molar-refractivity contribution < 1.29 is 22.4 Å². The Morgan fingerprint density at radius 3 is 2.05 bits per heavy atom. The summed E-state index contributed by atoms with van der Waals surface area (Å²) in [7, 11) is -4.38. The fraction of sp³-hybridized carbons (Fsp3) is 0.235. The molecule has 0 radical (unpaired) electrons. The second-order valence-corrected chi connectivity index (χ2v) is 14.2. The Morgan fingerprint density at radius 1 is 0.841 bits per heavy atom. The minimum absolute atomic E-state index is 0.00380. The predicted molar refractivity (Wildman–Crippen MR) is 174 cm³/mol. The third-order valence-electron chi connectivity index (χ3n) is 6.74. The molecule has 2 amide bonds. The van der Waals surface area contributed by atoms with Crippen molar-refractivity contribution in [1.82, 2.24) is 10.2 Å². The topological polar surface area (TPSA) is 86.8 Å². The Bertz CT molecular complexity index is 1700. The summed E-state index contributed by atoms with van der Waals surface area (Å²) in [5.74, 6) is -1.87. The zero-order valence-corrected chi connectivity index (χ0v) is 27.2. The monoisotopic (exact) mass is 679 g/mol. The van der Waals surface area contributed by atoms with Gasteiger partial charge in [0.25, 0.3) is 10.0 Å². The van der Waals surface area contributed by atoms with Gasteiger partial charge in [-0.1, -0.05) is 88.7 Å². The second-order valence-electron chi connectivity index (χ2n) is 11.4. The lowest BCUT2D eigenvalue weighted by atomic mass is 10.0. The van der Waals surface area contributed by atoms with Crippen LogP contribution in [0.3, 0.4) is 0 Å². The Hall–Kier alpha value is -4.02. The molecule has 230 valence electrons. The normalized spacial score (nSPS) is 12.3. The van der Waals surface area contributed by atoms with Crippen LogP contribution in [-0.2, 0) is 32.6 Å². The molecule has 0 saturated heterocycles. The van der Waals surface area contributed by atoms with Gasteiger partial charge in [-0.3, -0.25) is 13.9 Å². The van der Waals surface area contributed by atoms with Crippen molar-refractivity contribution in [2.75, 3.05) is 10.8 Å². The Kier molecular flexibility index (Phi) is 10.6. The number of sulfonamides is 1. The third kappa shape index (κ3) is 8.54. The Balaban J connectivity index is 1.82. The summed E-state index contributed by atoms with van der Waals surface area (Å²) in [5.41, 5.74) is 0.659. The van der Waals surface area contributed by atoms with E-state index in [9.17, 15) is 18.0 Å². The van der Waals surface area contributed by atoms with Crippen LogP contribution in [0.15, 0.2) is 119 Å². The Morgan fingerprint density at radius 2 is 1.43 bits per heavy atom. The van der Waals surface area contributed by atoms with Gasteiger partial charge in [-0.05, 0) is 68.3 Å². The molecule has 44 heavy (non-hydrogen) atoms. The molecule has 10 heteroatoms. The highest BCUT2D eigenvalue weighted by Gasteiger charge is 2.36. The lowest BCUT2D eigenvalue weighted by Crippen LogP contribution is -2.56. The molecular weight excluding hydrogens is 645 g/mol. The number of hydrogen-bond acceptors (Lipinski definition) is 4. The van der Waals surface area contributed by atoms with E-state index in [1.54, 1.807) is 18.2 Å². The number of halogens is 2. The zero-order valence-electron chi connectivity index (χ0n) is 24.8. The first kappa shape index (κ1) is 32.9. The van der Waals surface area contributed by atoms with E-state index >= 15 is 4.39 Å². The molecule has 0 bridgehead atoms. The SMILES string of the molecule is CC(C)(C)NC(=O)C(Cc1ccccc1)N(Cc1cccc(Br)c1)C(=O)CN(c1ccccc1F)S(=O)(=O)c1ccccc1. The van der Waals surface area contributed by atoms with Gasteiger partial charge in [-0.25, -0.2) is 12.8 Å². The van der Waals surface area contributed by atoms with Gasteiger partial charge >= 0.3 is 0 Å². The fourth-order valence-electron chi connectivity index (χ4n) is 4.73. The van der Waals surface area contributed by atoms with E-state index in [1.165, 1.54) is 35.2 Å². The number of nitrogens with zero attached hydrogens (tertiary/aromatic N) is 2. The van der Waals surface area contributed by atoms with Crippen molar-refractivity contribution in [3.05, 3.63) is 131 Å². The zero-order chi connectivity index (χ0) is 31.9. The number of nitrogens with one attached hydrogen (secondary N) is 1. The van der Waals surface area contributed by atoms with Crippen LogP contribution in [0, 0.1) is 5.82 Å². The quantitative estimate of drug-likeness (QED) is 0.201. The van der Waals surface area contributed by atoms with Crippen LogP contribution in [-0.4, -0.2) is 43.3 Å². The van der Waals surface area contributed by atoms with Crippen LogP contribution in [0.1, 0.15) is 31.9 Å². The number of carbonyl (C=O) groups excluding carboxylic acids is 2. The average molecular weight is 681 g/mol. The number of hydrogen-bond donors (Lipinski definition) is 1. The first-order valence-corrected chi connectivity index (χ1v) is 16.3. The predicted octanol–water partition coefficient (Wildman–Crippen LogP) is 6.34. The molecule has 4 aromatic rings. The first-order valence-electron chi connectivity index (χ1n) is 14.1. The highest BCUT2D eigenvalue weighted by Crippen LogP contribution is 2.27. The molecule has 1 atom stereocenters. The number of carbonyl (C=O) groups is 2. The van der Waals surface area contributed by atoms with Crippen molar-refractivity contribution in [2.45, 2.75) is 50.2 Å². The summed E-state index contributed by atoms with van der Waals surface area (Å²) < 4.78 is 44.6. The molecule has 0 aliphatic carbocycles. The first-order chi connectivity index (χ1) is 20.8. The largest absolute Gasteiger partial charge is 0.350 e. The van der Waals surface area contributed by atoms with E-state index in [1.807, 2.05) is 75.4 Å². The van der Waals surface area contributed by atoms with E-state index in [4.69, 9.17) is 0 Å². The third-order valence-corrected chi connectivity index (χ3v) is 9.01. The summed E-state index contributed by atoms with van der Waals surface area (Å²) in [6.07, 6.45) is 0.174. The fourth-order valence-corrected chi connectivity index (χ4v) is 6.62. The van der Waals surface area contributed by atoms with Crippen LogP contribution in [0.4, 0.5) is 10.1 Å². The molecule has 0 saturated carbocycles. The van der Waals surface area contributed by atoms with E-state index in [2.05, 4.69) is 21.2 Å². The van der Waals surface area contributed by atoms with Crippen LogP contribution in [0.2, 0.25) is 0 Å². The van der Waals surface area contributed by atoms with Crippen molar-refractivity contribution >= 4 is 43.5 Å². The number of rotatable bonds is 11. The lowest BCUT2D eigenvalue weighted by molar-refractivity contribution is -0.140. The van der Waals surface area contributed by atoms with Crippen molar-refractivity contribution in [1.29, 1.82) is 0 Å². The molecule has 4 rings (SSSR count). The molecule has 0 fully saturated rings. The van der Waals surface area contributed by atoms with E-state index in [0.717, 1.165) is 26.0 Å². The summed E-state index contributed by atoms with van der Waals surface area (Å²) in [6, 6.07) is 28.6. The molecule has 0 heterocycles. The van der Waals surface area contributed by atoms with Gasteiger partial charge < -0.3 is 10.2 Å². The molecule has 4 aromatic carbocycles. The second kappa shape index (κ2) is 14.2. The van der Waals surface area contributed by atoms with Gasteiger partial charge in [-0.2, -0.15) is 0 Å². The smallest absolute Gasteiger partial charge is 0.264 e. The van der Waals surface area contributed by atoms with Crippen molar-refractivity contribution in [3.63, 3.8) is 0 Å². The van der Waals surface area contributed by atoms with Gasteiger partial charge in [0.05, 0.1) is 10.6 Å². The summed E-state index contributed by atoms with van der Waals surface area (Å²) in [4.78, 5) is 29.6. The van der Waals surface area contributed by atoms with Gasteiger partial charge in [-0.15, -0.1) is 0 Å². The highest BCUT2D eigenvalue weighted by molar-refractivity contribution is 9.10. The van der Waals surface area contributed by atoms with Gasteiger partial charge in [0, 0.05) is 23.0 Å². The summed E-state index contributed by atoms with van der Waals surface area (Å²) in [5, 5.41) is 2.99. The molecule has 0 aliphatic heterocycles. The van der Waals surface area contributed by atoms with Crippen LogP contribution < -0.4 is 9.62 Å². The van der Waals surface area contributed by atoms with E-state index < -0.39 is 45.8 Å². The van der Waals surface area contributed by atoms with E-state index in [-0.39, 0.29) is 23.5 Å². The van der Waals surface area contributed by atoms with Gasteiger partial charge in [0.1, 0.15) is 18.4 Å². The van der Waals surface area contributed by atoms with Gasteiger partial charge in [0.15, 0.2) is 0 Å². The summed E-state index contributed by atoms with van der Waals surface area (Å²) >= 11 is 3.47. The molecule has 1 N–H and O–H groups in total. The van der Waals surface area contributed by atoms with Crippen molar-refractivity contribution in [3.8, 4) is 0 Å². The maximum Gasteiger partial charge on any atom is 0.264 e. The maximum atomic E-state index is 15.2. The molecule has 0 spiro atoms. The van der Waals surface area contributed by atoms with Crippen LogP contribution in [0.25, 0.3) is 0 Å². The highest BCUT2D eigenvalue weighted by atomic mass is 79.9. The van der Waals surface area contributed by atoms with Crippen LogP contribution in [0.5, 0.6) is 0 Å². The minimum atomic E-state index is -4.38.